The van der Waals surface area contributed by atoms with Crippen LogP contribution in [0.5, 0.6) is 0 Å². The zero-order valence-corrected chi connectivity index (χ0v) is 17.1. The van der Waals surface area contributed by atoms with Crippen molar-refractivity contribution in [2.45, 2.75) is 12.8 Å². The number of carbonyl (C=O) groups excluding carboxylic acids is 2. The molecule has 2 amide bonds. The number of nitrogens with zero attached hydrogens (tertiary/aromatic N) is 1. The molecule has 1 fully saturated rings. The SMILES string of the molecule is O=C(CCCN1C(=O)/C(=C\c2ccco2)SC1=S)Nc1ccc(Cl)cc1Cl. The van der Waals surface area contributed by atoms with E-state index in [9.17, 15) is 9.59 Å². The van der Waals surface area contributed by atoms with Crippen LogP contribution in [0.4, 0.5) is 5.69 Å². The van der Waals surface area contributed by atoms with Crippen LogP contribution in [0.25, 0.3) is 6.08 Å². The second-order valence-electron chi connectivity index (χ2n) is 5.62. The van der Waals surface area contributed by atoms with Crippen LogP contribution >= 0.6 is 47.2 Å². The van der Waals surface area contributed by atoms with Gasteiger partial charge in [0.1, 0.15) is 10.1 Å². The summed E-state index contributed by atoms with van der Waals surface area (Å²) in [5.74, 6) is 0.216. The van der Waals surface area contributed by atoms with Crippen molar-refractivity contribution in [1.29, 1.82) is 0 Å². The quantitative estimate of drug-likeness (QED) is 0.493. The first-order chi connectivity index (χ1) is 12.9. The van der Waals surface area contributed by atoms with Crippen LogP contribution in [0.2, 0.25) is 10.0 Å². The zero-order valence-electron chi connectivity index (χ0n) is 13.9. The average Bonchev–Trinajstić information content (AvgIpc) is 3.21. The summed E-state index contributed by atoms with van der Waals surface area (Å²) in [4.78, 5) is 26.6. The van der Waals surface area contributed by atoms with Gasteiger partial charge in [0, 0.05) is 24.1 Å². The van der Waals surface area contributed by atoms with Crippen molar-refractivity contribution in [2.24, 2.45) is 0 Å². The maximum atomic E-state index is 12.5. The zero-order chi connectivity index (χ0) is 19.4. The molecule has 2 heterocycles. The smallest absolute Gasteiger partial charge is 0.266 e. The van der Waals surface area contributed by atoms with E-state index in [0.29, 0.717) is 43.7 Å². The van der Waals surface area contributed by atoms with E-state index in [1.165, 1.54) is 22.9 Å². The first-order valence-corrected chi connectivity index (χ1v) is 9.96. The van der Waals surface area contributed by atoms with Crippen molar-refractivity contribution in [3.63, 3.8) is 0 Å². The van der Waals surface area contributed by atoms with Crippen LogP contribution in [-0.2, 0) is 9.59 Å². The molecule has 1 aliphatic rings. The van der Waals surface area contributed by atoms with Gasteiger partial charge in [0.2, 0.25) is 5.91 Å². The van der Waals surface area contributed by atoms with Crippen molar-refractivity contribution < 1.29 is 14.0 Å². The van der Waals surface area contributed by atoms with Gasteiger partial charge < -0.3 is 9.73 Å². The maximum absolute atomic E-state index is 12.5. The highest BCUT2D eigenvalue weighted by molar-refractivity contribution is 8.26. The minimum Gasteiger partial charge on any atom is -0.465 e. The van der Waals surface area contributed by atoms with Crippen molar-refractivity contribution in [2.75, 3.05) is 11.9 Å². The Morgan fingerprint density at radius 3 is 2.85 bits per heavy atom. The number of anilines is 1. The molecule has 27 heavy (non-hydrogen) atoms. The Morgan fingerprint density at radius 2 is 2.15 bits per heavy atom. The summed E-state index contributed by atoms with van der Waals surface area (Å²) in [5.41, 5.74) is 0.498. The number of hydrogen-bond acceptors (Lipinski definition) is 5. The Kier molecular flexibility index (Phi) is 6.59. The van der Waals surface area contributed by atoms with Gasteiger partial charge in [-0.2, -0.15) is 0 Å². The molecular weight excluding hydrogens is 427 g/mol. The van der Waals surface area contributed by atoms with Crippen LogP contribution in [0, 0.1) is 0 Å². The van der Waals surface area contributed by atoms with E-state index in [1.54, 1.807) is 36.4 Å². The van der Waals surface area contributed by atoms with Crippen LogP contribution in [0.3, 0.4) is 0 Å². The number of thiocarbonyl (C=S) groups is 1. The number of furan rings is 1. The summed E-state index contributed by atoms with van der Waals surface area (Å²) >= 11 is 18.4. The molecule has 140 valence electrons. The van der Waals surface area contributed by atoms with Crippen LogP contribution in [-0.4, -0.2) is 27.6 Å². The van der Waals surface area contributed by atoms with Gasteiger partial charge in [0.15, 0.2) is 0 Å². The minimum atomic E-state index is -0.198. The summed E-state index contributed by atoms with van der Waals surface area (Å²) in [6, 6.07) is 8.36. The summed E-state index contributed by atoms with van der Waals surface area (Å²) in [6.45, 7) is 0.363. The average molecular weight is 441 g/mol. The topological polar surface area (TPSA) is 62.6 Å². The van der Waals surface area contributed by atoms with Gasteiger partial charge in [-0.25, -0.2) is 0 Å². The molecule has 0 unspecified atom stereocenters. The predicted octanol–water partition coefficient (Wildman–Crippen LogP) is 5.21. The Morgan fingerprint density at radius 1 is 1.33 bits per heavy atom. The Labute approximate surface area is 175 Å². The number of carbonyl (C=O) groups is 2. The molecule has 0 aliphatic carbocycles. The van der Waals surface area contributed by atoms with Gasteiger partial charge >= 0.3 is 0 Å². The second kappa shape index (κ2) is 8.93. The number of rotatable bonds is 6. The Balaban J connectivity index is 1.52. The lowest BCUT2D eigenvalue weighted by Crippen LogP contribution is -2.29. The fraction of sp³-hybridized carbons (Fsp3) is 0.167. The van der Waals surface area contributed by atoms with E-state index in [1.807, 2.05) is 0 Å². The standard InChI is InChI=1S/C18H14Cl2N2O3S2/c19-11-5-6-14(13(20)9-11)21-16(23)4-1-7-22-17(24)15(27-18(22)26)10-12-3-2-8-25-12/h2-3,5-6,8-10H,1,4,7H2,(H,21,23)/b15-10+. The first kappa shape index (κ1) is 19.9. The molecule has 0 radical (unpaired) electrons. The summed E-state index contributed by atoms with van der Waals surface area (Å²) < 4.78 is 5.70. The van der Waals surface area contributed by atoms with E-state index in [4.69, 9.17) is 39.8 Å². The molecule has 0 saturated carbocycles. The molecule has 1 aliphatic heterocycles. The van der Waals surface area contributed by atoms with Crippen molar-refractivity contribution >= 4 is 75.1 Å². The third-order valence-corrected chi connectivity index (χ3v) is 5.61. The van der Waals surface area contributed by atoms with E-state index in [2.05, 4.69) is 5.32 Å². The Bertz CT molecular complexity index is 913. The molecule has 1 N–H and O–H groups in total. The van der Waals surface area contributed by atoms with Crippen LogP contribution < -0.4 is 5.32 Å². The highest BCUT2D eigenvalue weighted by Crippen LogP contribution is 2.32. The minimum absolute atomic E-state index is 0.178. The van der Waals surface area contributed by atoms with E-state index in [0.717, 1.165) is 0 Å². The number of amides is 2. The van der Waals surface area contributed by atoms with Crippen molar-refractivity contribution in [1.82, 2.24) is 4.90 Å². The molecular formula is C18H14Cl2N2O3S2. The highest BCUT2D eigenvalue weighted by Gasteiger charge is 2.31. The van der Waals surface area contributed by atoms with Gasteiger partial charge in [0.05, 0.1) is 21.9 Å². The third kappa shape index (κ3) is 5.13. The summed E-state index contributed by atoms with van der Waals surface area (Å²) in [5, 5.41) is 3.60. The van der Waals surface area contributed by atoms with Crippen LogP contribution in [0.15, 0.2) is 45.9 Å². The number of hydrogen-bond donors (Lipinski definition) is 1. The van der Waals surface area contributed by atoms with Gasteiger partial charge in [-0.15, -0.1) is 0 Å². The van der Waals surface area contributed by atoms with Crippen LogP contribution in [0.1, 0.15) is 18.6 Å². The van der Waals surface area contributed by atoms with Gasteiger partial charge in [-0.1, -0.05) is 47.2 Å². The fourth-order valence-electron chi connectivity index (χ4n) is 2.40. The number of thioether (sulfide) groups is 1. The lowest BCUT2D eigenvalue weighted by atomic mass is 10.2. The molecule has 1 saturated heterocycles. The Hall–Kier alpha value is -1.80. The molecule has 9 heteroatoms. The fourth-order valence-corrected chi connectivity index (χ4v) is 4.14. The second-order valence-corrected chi connectivity index (χ2v) is 8.14. The normalized spacial score (nSPS) is 15.6. The largest absolute Gasteiger partial charge is 0.465 e. The number of halogens is 2. The lowest BCUT2D eigenvalue weighted by Gasteiger charge is -2.14. The van der Waals surface area contributed by atoms with Crippen molar-refractivity contribution in [3.8, 4) is 0 Å². The molecule has 0 bridgehead atoms. The summed E-state index contributed by atoms with van der Waals surface area (Å²) in [6.07, 6.45) is 3.90. The molecule has 1 aromatic heterocycles. The molecule has 0 atom stereocenters. The van der Waals surface area contributed by atoms with Gasteiger partial charge in [-0.3, -0.25) is 14.5 Å². The maximum Gasteiger partial charge on any atom is 0.266 e. The van der Waals surface area contributed by atoms with Gasteiger partial charge in [0.25, 0.3) is 5.91 Å². The molecule has 2 aromatic rings. The number of benzene rings is 1. The molecule has 5 nitrogen and oxygen atoms in total. The predicted molar refractivity (Wildman–Crippen MR) is 113 cm³/mol. The highest BCUT2D eigenvalue weighted by atomic mass is 35.5. The number of nitrogens with one attached hydrogen (secondary N) is 1. The molecule has 1 aromatic carbocycles. The van der Waals surface area contributed by atoms with Gasteiger partial charge in [-0.05, 0) is 36.8 Å². The van der Waals surface area contributed by atoms with E-state index in [-0.39, 0.29) is 18.2 Å². The molecule has 3 rings (SSSR count). The monoisotopic (exact) mass is 440 g/mol. The molecule has 0 spiro atoms. The summed E-state index contributed by atoms with van der Waals surface area (Å²) in [7, 11) is 0. The van der Waals surface area contributed by atoms with E-state index >= 15 is 0 Å². The van der Waals surface area contributed by atoms with E-state index < -0.39 is 0 Å². The first-order valence-electron chi connectivity index (χ1n) is 7.98. The lowest BCUT2D eigenvalue weighted by molar-refractivity contribution is -0.122. The van der Waals surface area contributed by atoms with Crippen molar-refractivity contribution in [3.05, 3.63) is 57.3 Å². The third-order valence-electron chi connectivity index (χ3n) is 3.68.